The van der Waals surface area contributed by atoms with E-state index in [9.17, 15) is 9.59 Å². The topological polar surface area (TPSA) is 94.1 Å². The van der Waals surface area contributed by atoms with Gasteiger partial charge in [0.05, 0.1) is 11.1 Å². The van der Waals surface area contributed by atoms with Crippen LogP contribution >= 0.6 is 0 Å². The molecule has 27 heavy (non-hydrogen) atoms. The summed E-state index contributed by atoms with van der Waals surface area (Å²) < 4.78 is 6.58. The Balaban J connectivity index is 1.61. The second-order valence-corrected chi connectivity index (χ2v) is 6.74. The largest absolute Gasteiger partial charge is 0.337 e. The molecule has 4 rings (SSSR count). The lowest BCUT2D eigenvalue weighted by Crippen LogP contribution is -2.37. The Hall–Kier alpha value is -3.03. The Morgan fingerprint density at radius 1 is 1.30 bits per heavy atom. The summed E-state index contributed by atoms with van der Waals surface area (Å²) in [5, 5.41) is 9.64. The van der Waals surface area contributed by atoms with E-state index in [1.807, 2.05) is 32.0 Å². The highest BCUT2D eigenvalue weighted by Crippen LogP contribution is 2.31. The summed E-state index contributed by atoms with van der Waals surface area (Å²) in [7, 11) is 0. The van der Waals surface area contributed by atoms with Crippen LogP contribution in [0.2, 0.25) is 0 Å². The molecular formula is C19H21N5O3. The maximum absolute atomic E-state index is 12.9. The molecule has 3 heterocycles. The van der Waals surface area contributed by atoms with Crippen LogP contribution in [0.15, 0.2) is 33.6 Å². The van der Waals surface area contributed by atoms with Crippen LogP contribution in [0.4, 0.5) is 0 Å². The highest BCUT2D eigenvalue weighted by atomic mass is 16.5. The Kier molecular flexibility index (Phi) is 4.47. The van der Waals surface area contributed by atoms with Crippen molar-refractivity contribution in [2.24, 2.45) is 0 Å². The first kappa shape index (κ1) is 17.4. The van der Waals surface area contributed by atoms with Gasteiger partial charge < -0.3 is 9.42 Å². The smallest absolute Gasteiger partial charge is 0.275 e. The molecule has 0 spiro atoms. The van der Waals surface area contributed by atoms with Crippen LogP contribution in [0.1, 0.15) is 43.2 Å². The lowest BCUT2D eigenvalue weighted by atomic mass is 10.1. The molecule has 0 aliphatic carbocycles. The van der Waals surface area contributed by atoms with Crippen molar-refractivity contribution in [2.45, 2.75) is 45.7 Å². The molecule has 8 heteroatoms. The van der Waals surface area contributed by atoms with E-state index in [1.54, 1.807) is 11.0 Å². The lowest BCUT2D eigenvalue weighted by Gasteiger charge is -2.22. The van der Waals surface area contributed by atoms with Gasteiger partial charge in [-0.3, -0.25) is 9.59 Å². The number of carbonyl (C=O) groups excluding carboxylic acids is 1. The molecular weight excluding hydrogens is 346 g/mol. The molecule has 1 amide bonds. The van der Waals surface area contributed by atoms with Gasteiger partial charge in [0.1, 0.15) is 12.6 Å². The van der Waals surface area contributed by atoms with E-state index in [1.165, 1.54) is 4.68 Å². The number of hydrogen-bond donors (Lipinski definition) is 0. The van der Waals surface area contributed by atoms with Crippen LogP contribution in [0.3, 0.4) is 0 Å². The first-order valence-corrected chi connectivity index (χ1v) is 9.17. The SMILES string of the molecule is CCc1noc([C@@H]2CCCN2C(=O)Cn2nc(C)c3ccccc3c2=O)n1. The number of aromatic nitrogens is 4. The summed E-state index contributed by atoms with van der Waals surface area (Å²) in [6, 6.07) is 7.07. The van der Waals surface area contributed by atoms with Crippen LogP contribution in [-0.2, 0) is 17.8 Å². The third-order valence-electron chi connectivity index (χ3n) is 5.00. The zero-order chi connectivity index (χ0) is 19.0. The van der Waals surface area contributed by atoms with E-state index < -0.39 is 0 Å². The van der Waals surface area contributed by atoms with E-state index in [4.69, 9.17) is 4.52 Å². The van der Waals surface area contributed by atoms with Gasteiger partial charge in [-0.15, -0.1) is 0 Å². The monoisotopic (exact) mass is 367 g/mol. The van der Waals surface area contributed by atoms with E-state index in [-0.39, 0.29) is 24.1 Å². The van der Waals surface area contributed by atoms with Gasteiger partial charge in [-0.05, 0) is 25.8 Å². The fraction of sp³-hybridized carbons (Fsp3) is 0.421. The maximum atomic E-state index is 12.9. The Bertz CT molecular complexity index is 1050. The summed E-state index contributed by atoms with van der Waals surface area (Å²) in [6.07, 6.45) is 2.31. The molecule has 0 radical (unpaired) electrons. The normalized spacial score (nSPS) is 17.0. The van der Waals surface area contributed by atoms with E-state index in [2.05, 4.69) is 15.2 Å². The summed E-state index contributed by atoms with van der Waals surface area (Å²) in [6.45, 7) is 4.29. The predicted octanol–water partition coefficient (Wildman–Crippen LogP) is 2.01. The molecule has 0 unspecified atom stereocenters. The minimum Gasteiger partial charge on any atom is -0.337 e. The first-order chi connectivity index (χ1) is 13.1. The number of hydrogen-bond acceptors (Lipinski definition) is 6. The second kappa shape index (κ2) is 6.94. The highest BCUT2D eigenvalue weighted by molar-refractivity contribution is 5.83. The zero-order valence-corrected chi connectivity index (χ0v) is 15.4. The minimum absolute atomic E-state index is 0.101. The van der Waals surface area contributed by atoms with Gasteiger partial charge in [-0.2, -0.15) is 10.1 Å². The number of amides is 1. The maximum Gasteiger partial charge on any atom is 0.275 e. The molecule has 0 N–H and O–H groups in total. The van der Waals surface area contributed by atoms with Gasteiger partial charge in [-0.1, -0.05) is 30.3 Å². The van der Waals surface area contributed by atoms with Crippen molar-refractivity contribution in [3.8, 4) is 0 Å². The summed E-state index contributed by atoms with van der Waals surface area (Å²) in [4.78, 5) is 31.7. The second-order valence-electron chi connectivity index (χ2n) is 6.74. The summed E-state index contributed by atoms with van der Waals surface area (Å²) >= 11 is 0. The quantitative estimate of drug-likeness (QED) is 0.700. The molecule has 1 atom stereocenters. The number of nitrogens with zero attached hydrogens (tertiary/aromatic N) is 5. The highest BCUT2D eigenvalue weighted by Gasteiger charge is 2.34. The van der Waals surface area contributed by atoms with Crippen LogP contribution in [0.5, 0.6) is 0 Å². The number of fused-ring (bicyclic) bond motifs is 1. The Morgan fingerprint density at radius 3 is 2.81 bits per heavy atom. The zero-order valence-electron chi connectivity index (χ0n) is 15.4. The van der Waals surface area contributed by atoms with E-state index in [0.29, 0.717) is 30.1 Å². The number of likely N-dealkylation sites (tertiary alicyclic amines) is 1. The lowest BCUT2D eigenvalue weighted by molar-refractivity contribution is -0.133. The fourth-order valence-electron chi connectivity index (χ4n) is 3.60. The van der Waals surface area contributed by atoms with Gasteiger partial charge in [0.15, 0.2) is 5.82 Å². The van der Waals surface area contributed by atoms with Crippen LogP contribution in [0, 0.1) is 6.92 Å². The Labute approximate surface area is 155 Å². The van der Waals surface area contributed by atoms with Crippen molar-refractivity contribution in [1.82, 2.24) is 24.8 Å². The van der Waals surface area contributed by atoms with Crippen molar-refractivity contribution in [1.29, 1.82) is 0 Å². The van der Waals surface area contributed by atoms with Crippen molar-refractivity contribution < 1.29 is 9.32 Å². The molecule has 1 aliphatic heterocycles. The van der Waals surface area contributed by atoms with Gasteiger partial charge in [0.25, 0.3) is 5.56 Å². The molecule has 1 aromatic carbocycles. The van der Waals surface area contributed by atoms with Gasteiger partial charge >= 0.3 is 0 Å². The fourth-order valence-corrected chi connectivity index (χ4v) is 3.60. The molecule has 2 aromatic heterocycles. The van der Waals surface area contributed by atoms with Crippen molar-refractivity contribution >= 4 is 16.7 Å². The minimum atomic E-state index is -0.258. The Morgan fingerprint density at radius 2 is 2.07 bits per heavy atom. The van der Waals surface area contributed by atoms with Crippen molar-refractivity contribution in [3.05, 3.63) is 52.0 Å². The third-order valence-corrected chi connectivity index (χ3v) is 5.00. The number of aryl methyl sites for hydroxylation is 2. The first-order valence-electron chi connectivity index (χ1n) is 9.17. The van der Waals surface area contributed by atoms with Crippen molar-refractivity contribution in [3.63, 3.8) is 0 Å². The van der Waals surface area contributed by atoms with Crippen LogP contribution in [-0.4, -0.2) is 37.3 Å². The van der Waals surface area contributed by atoms with Crippen molar-refractivity contribution in [2.75, 3.05) is 6.54 Å². The average molecular weight is 367 g/mol. The molecule has 8 nitrogen and oxygen atoms in total. The standard InChI is InChI=1S/C19H21N5O3/c1-3-16-20-18(27-22-16)15-9-6-10-23(15)17(25)11-24-19(26)14-8-5-4-7-13(14)12(2)21-24/h4-5,7-8,15H,3,6,9-11H2,1-2H3/t15-/m0/s1. The van der Waals surface area contributed by atoms with Crippen LogP contribution < -0.4 is 5.56 Å². The molecule has 1 fully saturated rings. The number of benzene rings is 1. The average Bonchev–Trinajstić information content (AvgIpc) is 3.34. The third kappa shape index (κ3) is 3.11. The van der Waals surface area contributed by atoms with Gasteiger partial charge in [0, 0.05) is 18.4 Å². The van der Waals surface area contributed by atoms with Crippen LogP contribution in [0.25, 0.3) is 10.8 Å². The molecule has 0 saturated carbocycles. The molecule has 1 aliphatic rings. The molecule has 1 saturated heterocycles. The molecule has 3 aromatic rings. The predicted molar refractivity (Wildman–Crippen MR) is 98.1 cm³/mol. The van der Waals surface area contributed by atoms with E-state index >= 15 is 0 Å². The summed E-state index contributed by atoms with van der Waals surface area (Å²) in [5.74, 6) is 0.929. The van der Waals surface area contributed by atoms with Gasteiger partial charge in [-0.25, -0.2) is 4.68 Å². The number of rotatable bonds is 4. The summed E-state index contributed by atoms with van der Waals surface area (Å²) in [5.41, 5.74) is 0.465. The molecule has 0 bridgehead atoms. The number of carbonyl (C=O) groups is 1. The van der Waals surface area contributed by atoms with E-state index in [0.717, 1.165) is 23.9 Å². The van der Waals surface area contributed by atoms with Gasteiger partial charge in [0.2, 0.25) is 11.8 Å². The molecule has 140 valence electrons.